The molecule has 5 nitrogen and oxygen atoms in total. The second kappa shape index (κ2) is 7.66. The summed E-state index contributed by atoms with van der Waals surface area (Å²) in [5.41, 5.74) is 8.04. The van der Waals surface area contributed by atoms with Crippen molar-refractivity contribution in [2.24, 2.45) is 35.3 Å². The summed E-state index contributed by atoms with van der Waals surface area (Å²) in [4.78, 5) is 12.2. The first-order chi connectivity index (χ1) is 12.3. The molecule has 2 saturated carbocycles. The van der Waals surface area contributed by atoms with E-state index in [0.717, 1.165) is 23.3 Å². The number of nitrogens with two attached hydrogens (primary N) is 1. The second-order valence-corrected chi connectivity index (χ2v) is 9.14. The Labute approximate surface area is 160 Å². The lowest BCUT2D eigenvalue weighted by molar-refractivity contribution is -0.145. The van der Waals surface area contributed by atoms with Crippen LogP contribution in [0.5, 0.6) is 0 Å². The number of esters is 1. The molecule has 0 aromatic carbocycles. The Bertz CT molecular complexity index is 594. The normalized spacial score (nSPS) is 43.4. The minimum Gasteiger partial charge on any atom is -0.461 e. The van der Waals surface area contributed by atoms with Crippen molar-refractivity contribution < 1.29 is 19.7 Å². The van der Waals surface area contributed by atoms with Crippen LogP contribution in [0.15, 0.2) is 24.3 Å². The fraction of sp³-hybridized carbons (Fsp3) is 0.750. The number of aliphatic hydroxyl groups excluding tert-OH is 2. The number of thioether (sulfide) groups is 1. The summed E-state index contributed by atoms with van der Waals surface area (Å²) in [5.74, 6) is -0.0174. The fourth-order valence-electron chi connectivity index (χ4n) is 5.27. The molecule has 0 amide bonds. The van der Waals surface area contributed by atoms with Gasteiger partial charge < -0.3 is 20.7 Å². The standard InChI is InChI=1S/C20H31NO4S/c1-9(14(21)5-6-26-4)12-7-16(23)18-11(3)20(24)25-19(18)17-10(2)15(22)8-13(12)17/h11-19,22-23H,1-2,5-8,21H2,3-4H3/t11?,12?,13?,14-,15?,16?,17?,18?,19?/m0/s1. The molecule has 1 heterocycles. The summed E-state index contributed by atoms with van der Waals surface area (Å²) in [5, 5.41) is 21.4. The zero-order chi connectivity index (χ0) is 19.2. The van der Waals surface area contributed by atoms with Gasteiger partial charge in [-0.2, -0.15) is 11.8 Å². The van der Waals surface area contributed by atoms with Crippen LogP contribution >= 0.6 is 11.8 Å². The van der Waals surface area contributed by atoms with Crippen molar-refractivity contribution in [3.63, 3.8) is 0 Å². The number of fused-ring (bicyclic) bond motifs is 3. The molecule has 8 unspecified atom stereocenters. The molecule has 3 fully saturated rings. The molecule has 26 heavy (non-hydrogen) atoms. The van der Waals surface area contributed by atoms with Gasteiger partial charge in [-0.3, -0.25) is 4.79 Å². The Morgan fingerprint density at radius 1 is 1.42 bits per heavy atom. The quantitative estimate of drug-likeness (QED) is 0.496. The van der Waals surface area contributed by atoms with E-state index >= 15 is 0 Å². The molecular formula is C20H31NO4S. The summed E-state index contributed by atoms with van der Waals surface area (Å²) in [6, 6.07) is -0.135. The monoisotopic (exact) mass is 381 g/mol. The maximum atomic E-state index is 12.2. The van der Waals surface area contributed by atoms with E-state index in [1.54, 1.807) is 11.8 Å². The van der Waals surface area contributed by atoms with E-state index in [-0.39, 0.29) is 41.6 Å². The van der Waals surface area contributed by atoms with Gasteiger partial charge in [0.25, 0.3) is 0 Å². The zero-order valence-corrected chi connectivity index (χ0v) is 16.5. The lowest BCUT2D eigenvalue weighted by Gasteiger charge is -2.32. The molecule has 1 aliphatic heterocycles. The number of rotatable bonds is 5. The predicted molar refractivity (Wildman–Crippen MR) is 104 cm³/mol. The number of ether oxygens (including phenoxy) is 1. The first kappa shape index (κ1) is 19.9. The van der Waals surface area contributed by atoms with Crippen LogP contribution in [0.2, 0.25) is 0 Å². The summed E-state index contributed by atoms with van der Waals surface area (Å²) < 4.78 is 5.68. The highest BCUT2D eigenvalue weighted by Gasteiger charge is 2.58. The van der Waals surface area contributed by atoms with E-state index in [0.29, 0.717) is 12.8 Å². The minimum atomic E-state index is -0.647. The molecule has 0 aromatic heterocycles. The molecule has 2 aliphatic carbocycles. The number of hydrogen-bond donors (Lipinski definition) is 3. The summed E-state index contributed by atoms with van der Waals surface area (Å²) in [7, 11) is 0. The van der Waals surface area contributed by atoms with Crippen LogP contribution in [0.25, 0.3) is 0 Å². The molecular weight excluding hydrogens is 350 g/mol. The Morgan fingerprint density at radius 2 is 2.12 bits per heavy atom. The third-order valence-electron chi connectivity index (χ3n) is 6.79. The average Bonchev–Trinajstić information content (AvgIpc) is 3.01. The Kier molecular flexibility index (Phi) is 5.87. The van der Waals surface area contributed by atoms with Crippen molar-refractivity contribution in [2.75, 3.05) is 12.0 Å². The third kappa shape index (κ3) is 3.26. The number of carbonyl (C=O) groups excluding carboxylic acids is 1. The molecule has 3 rings (SSSR count). The van der Waals surface area contributed by atoms with E-state index < -0.39 is 18.3 Å². The smallest absolute Gasteiger partial charge is 0.309 e. The van der Waals surface area contributed by atoms with Crippen molar-refractivity contribution in [2.45, 2.75) is 50.5 Å². The fourth-order valence-corrected chi connectivity index (χ4v) is 5.76. The zero-order valence-electron chi connectivity index (χ0n) is 15.6. The molecule has 6 heteroatoms. The van der Waals surface area contributed by atoms with Gasteiger partial charge in [0.15, 0.2) is 0 Å². The van der Waals surface area contributed by atoms with Gasteiger partial charge in [-0.05, 0) is 48.7 Å². The molecule has 4 N–H and O–H groups in total. The maximum absolute atomic E-state index is 12.2. The number of aliphatic hydroxyl groups is 2. The first-order valence-electron chi connectivity index (χ1n) is 9.46. The van der Waals surface area contributed by atoms with Crippen LogP contribution in [0.1, 0.15) is 26.2 Å². The highest BCUT2D eigenvalue weighted by molar-refractivity contribution is 7.98. The summed E-state index contributed by atoms with van der Waals surface area (Å²) in [6.45, 7) is 10.2. The Hall–Kier alpha value is -0.820. The van der Waals surface area contributed by atoms with Crippen LogP contribution in [-0.2, 0) is 9.53 Å². The summed E-state index contributed by atoms with van der Waals surface area (Å²) in [6.07, 6.45) is 2.29. The van der Waals surface area contributed by atoms with Crippen molar-refractivity contribution in [3.8, 4) is 0 Å². The van der Waals surface area contributed by atoms with Gasteiger partial charge in [-0.1, -0.05) is 25.7 Å². The highest BCUT2D eigenvalue weighted by Crippen LogP contribution is 2.54. The number of hydrogen-bond acceptors (Lipinski definition) is 6. The molecule has 1 saturated heterocycles. The van der Waals surface area contributed by atoms with Gasteiger partial charge in [-0.25, -0.2) is 0 Å². The highest BCUT2D eigenvalue weighted by atomic mass is 32.2. The molecule has 0 radical (unpaired) electrons. The van der Waals surface area contributed by atoms with Gasteiger partial charge in [0, 0.05) is 17.9 Å². The second-order valence-electron chi connectivity index (χ2n) is 8.16. The largest absolute Gasteiger partial charge is 0.461 e. The van der Waals surface area contributed by atoms with Gasteiger partial charge in [0.05, 0.1) is 18.1 Å². The van der Waals surface area contributed by atoms with Crippen LogP contribution < -0.4 is 5.73 Å². The topological polar surface area (TPSA) is 92.8 Å². The molecule has 0 aromatic rings. The third-order valence-corrected chi connectivity index (χ3v) is 7.43. The van der Waals surface area contributed by atoms with E-state index in [1.165, 1.54) is 0 Å². The van der Waals surface area contributed by atoms with E-state index in [2.05, 4.69) is 19.4 Å². The van der Waals surface area contributed by atoms with Gasteiger partial charge in [-0.15, -0.1) is 0 Å². The summed E-state index contributed by atoms with van der Waals surface area (Å²) >= 11 is 1.75. The molecule has 3 aliphatic rings. The average molecular weight is 382 g/mol. The van der Waals surface area contributed by atoms with Crippen molar-refractivity contribution >= 4 is 17.7 Å². The van der Waals surface area contributed by atoms with E-state index in [1.807, 2.05) is 6.92 Å². The van der Waals surface area contributed by atoms with Gasteiger partial charge in [0.2, 0.25) is 0 Å². The molecule has 9 atom stereocenters. The molecule has 146 valence electrons. The van der Waals surface area contributed by atoms with E-state index in [9.17, 15) is 15.0 Å². The number of carbonyl (C=O) groups is 1. The molecule has 0 spiro atoms. The van der Waals surface area contributed by atoms with Crippen molar-refractivity contribution in [3.05, 3.63) is 24.3 Å². The predicted octanol–water partition coefficient (Wildman–Crippen LogP) is 1.73. The lowest BCUT2D eigenvalue weighted by Crippen LogP contribution is -2.35. The van der Waals surface area contributed by atoms with Crippen LogP contribution in [0.3, 0.4) is 0 Å². The Morgan fingerprint density at radius 3 is 2.77 bits per heavy atom. The van der Waals surface area contributed by atoms with Crippen LogP contribution in [0.4, 0.5) is 0 Å². The lowest BCUT2D eigenvalue weighted by atomic mass is 9.75. The van der Waals surface area contributed by atoms with Crippen LogP contribution in [-0.4, -0.2) is 52.5 Å². The van der Waals surface area contributed by atoms with Gasteiger partial charge >= 0.3 is 5.97 Å². The van der Waals surface area contributed by atoms with E-state index in [4.69, 9.17) is 10.5 Å². The molecule has 0 bridgehead atoms. The van der Waals surface area contributed by atoms with Gasteiger partial charge in [0.1, 0.15) is 6.10 Å². The minimum absolute atomic E-state index is 0.00254. The maximum Gasteiger partial charge on any atom is 0.309 e. The van der Waals surface area contributed by atoms with Crippen LogP contribution in [0, 0.1) is 29.6 Å². The Balaban J connectivity index is 1.92. The SMILES string of the molecule is C=C1C(O)CC2C(C(=C)[C@@H](N)CCSC)CC(O)C3C(C)C(=O)OC3C12. The van der Waals surface area contributed by atoms with Crippen molar-refractivity contribution in [1.82, 2.24) is 0 Å². The first-order valence-corrected chi connectivity index (χ1v) is 10.9. The van der Waals surface area contributed by atoms with Crippen molar-refractivity contribution in [1.29, 1.82) is 0 Å².